The third-order valence-corrected chi connectivity index (χ3v) is 3.91. The van der Waals surface area contributed by atoms with Crippen LogP contribution in [0, 0.1) is 5.92 Å². The molecule has 0 aromatic heterocycles. The molecule has 0 bridgehead atoms. The van der Waals surface area contributed by atoms with E-state index in [1.807, 2.05) is 24.3 Å². The molecule has 1 aromatic rings. The standard InChI is InChI=1S/C15H23N3O/c1-3-11-5-4-6-14(11)17-12-7-9-13(10-8-12)18-15(19)16-2/h7-11,14,17H,3-6H2,1-2H3,(H2,16,18,19). The molecule has 2 atom stereocenters. The fraction of sp³-hybridized carbons (Fsp3) is 0.533. The Labute approximate surface area is 115 Å². The minimum atomic E-state index is -0.192. The molecule has 4 nitrogen and oxygen atoms in total. The van der Waals surface area contributed by atoms with Crippen molar-refractivity contribution in [2.24, 2.45) is 5.92 Å². The largest absolute Gasteiger partial charge is 0.382 e. The summed E-state index contributed by atoms with van der Waals surface area (Å²) in [5.41, 5.74) is 1.94. The van der Waals surface area contributed by atoms with Gasteiger partial charge in [0, 0.05) is 24.5 Å². The Morgan fingerprint density at radius 1 is 1.21 bits per heavy atom. The number of urea groups is 1. The van der Waals surface area contributed by atoms with E-state index >= 15 is 0 Å². The molecule has 1 fully saturated rings. The summed E-state index contributed by atoms with van der Waals surface area (Å²) in [6.07, 6.45) is 5.17. The molecule has 2 amide bonds. The fourth-order valence-electron chi connectivity index (χ4n) is 2.77. The molecule has 1 aromatic carbocycles. The second-order valence-electron chi connectivity index (χ2n) is 5.13. The van der Waals surface area contributed by atoms with Crippen LogP contribution >= 0.6 is 0 Å². The van der Waals surface area contributed by atoms with E-state index in [-0.39, 0.29) is 6.03 Å². The fourth-order valence-corrected chi connectivity index (χ4v) is 2.77. The highest BCUT2D eigenvalue weighted by Crippen LogP contribution is 2.30. The van der Waals surface area contributed by atoms with Crippen molar-refractivity contribution >= 4 is 17.4 Å². The number of benzene rings is 1. The van der Waals surface area contributed by atoms with Crippen molar-refractivity contribution in [3.05, 3.63) is 24.3 Å². The summed E-state index contributed by atoms with van der Waals surface area (Å²) < 4.78 is 0. The summed E-state index contributed by atoms with van der Waals surface area (Å²) in [5, 5.41) is 8.90. The lowest BCUT2D eigenvalue weighted by molar-refractivity contribution is 0.254. The minimum absolute atomic E-state index is 0.192. The van der Waals surface area contributed by atoms with Crippen LogP contribution < -0.4 is 16.0 Å². The zero-order valence-corrected chi connectivity index (χ0v) is 11.7. The van der Waals surface area contributed by atoms with Gasteiger partial charge in [0.15, 0.2) is 0 Å². The molecule has 1 aliphatic rings. The van der Waals surface area contributed by atoms with E-state index in [2.05, 4.69) is 22.9 Å². The summed E-state index contributed by atoms with van der Waals surface area (Å²) >= 11 is 0. The average Bonchev–Trinajstić information content (AvgIpc) is 2.88. The molecule has 2 unspecified atom stereocenters. The van der Waals surface area contributed by atoms with Gasteiger partial charge in [0.05, 0.1) is 0 Å². The van der Waals surface area contributed by atoms with Crippen molar-refractivity contribution in [3.8, 4) is 0 Å². The van der Waals surface area contributed by atoms with Gasteiger partial charge in [-0.1, -0.05) is 19.8 Å². The van der Waals surface area contributed by atoms with Crippen LogP contribution in [0.15, 0.2) is 24.3 Å². The number of hydrogen-bond donors (Lipinski definition) is 3. The molecule has 19 heavy (non-hydrogen) atoms. The summed E-state index contributed by atoms with van der Waals surface area (Å²) in [6.45, 7) is 2.26. The maximum absolute atomic E-state index is 11.2. The van der Waals surface area contributed by atoms with Crippen LogP contribution in [0.2, 0.25) is 0 Å². The molecule has 1 saturated carbocycles. The highest BCUT2D eigenvalue weighted by atomic mass is 16.2. The van der Waals surface area contributed by atoms with Crippen LogP contribution in [0.25, 0.3) is 0 Å². The van der Waals surface area contributed by atoms with Crippen LogP contribution in [0.3, 0.4) is 0 Å². The Balaban J connectivity index is 1.93. The van der Waals surface area contributed by atoms with Gasteiger partial charge >= 0.3 is 6.03 Å². The Morgan fingerprint density at radius 3 is 2.53 bits per heavy atom. The molecule has 1 aliphatic carbocycles. The number of hydrogen-bond acceptors (Lipinski definition) is 2. The first-order valence-corrected chi connectivity index (χ1v) is 7.08. The van der Waals surface area contributed by atoms with Crippen molar-refractivity contribution in [2.75, 3.05) is 17.7 Å². The highest BCUT2D eigenvalue weighted by Gasteiger charge is 2.25. The highest BCUT2D eigenvalue weighted by molar-refractivity contribution is 5.89. The summed E-state index contributed by atoms with van der Waals surface area (Å²) in [7, 11) is 1.61. The van der Waals surface area contributed by atoms with Crippen LogP contribution in [0.4, 0.5) is 16.2 Å². The monoisotopic (exact) mass is 261 g/mol. The molecule has 4 heteroatoms. The predicted octanol–water partition coefficient (Wildman–Crippen LogP) is 3.43. The third kappa shape index (κ3) is 3.63. The SMILES string of the molecule is CCC1CCCC1Nc1ccc(NC(=O)NC)cc1. The van der Waals surface area contributed by atoms with E-state index in [0.717, 1.165) is 17.3 Å². The number of amides is 2. The van der Waals surface area contributed by atoms with Crippen molar-refractivity contribution in [3.63, 3.8) is 0 Å². The molecular formula is C15H23N3O. The number of carbonyl (C=O) groups is 1. The molecule has 0 saturated heterocycles. The molecule has 0 spiro atoms. The van der Waals surface area contributed by atoms with Crippen LogP contribution in [0.5, 0.6) is 0 Å². The zero-order valence-electron chi connectivity index (χ0n) is 11.7. The first-order valence-electron chi connectivity index (χ1n) is 7.08. The molecular weight excluding hydrogens is 238 g/mol. The minimum Gasteiger partial charge on any atom is -0.382 e. The lowest BCUT2D eigenvalue weighted by Crippen LogP contribution is -2.24. The summed E-state index contributed by atoms with van der Waals surface area (Å²) in [4.78, 5) is 11.2. The van der Waals surface area contributed by atoms with E-state index < -0.39 is 0 Å². The van der Waals surface area contributed by atoms with Gasteiger partial charge in [0.2, 0.25) is 0 Å². The second kappa shape index (κ2) is 6.45. The molecule has 104 valence electrons. The number of anilines is 2. The second-order valence-corrected chi connectivity index (χ2v) is 5.13. The van der Waals surface area contributed by atoms with Crippen molar-refractivity contribution in [1.82, 2.24) is 5.32 Å². The van der Waals surface area contributed by atoms with Gasteiger partial charge in [0.1, 0.15) is 0 Å². The molecule has 0 heterocycles. The first kappa shape index (κ1) is 13.7. The third-order valence-electron chi connectivity index (χ3n) is 3.91. The summed E-state index contributed by atoms with van der Waals surface area (Å²) in [5.74, 6) is 0.795. The maximum atomic E-state index is 11.2. The number of rotatable bonds is 4. The van der Waals surface area contributed by atoms with E-state index in [0.29, 0.717) is 6.04 Å². The number of nitrogens with one attached hydrogen (secondary N) is 3. The maximum Gasteiger partial charge on any atom is 0.318 e. The first-order chi connectivity index (χ1) is 9.22. The molecule has 0 radical (unpaired) electrons. The smallest absolute Gasteiger partial charge is 0.318 e. The van der Waals surface area contributed by atoms with Gasteiger partial charge in [-0.2, -0.15) is 0 Å². The predicted molar refractivity (Wildman–Crippen MR) is 79.6 cm³/mol. The van der Waals surface area contributed by atoms with E-state index in [9.17, 15) is 4.79 Å². The van der Waals surface area contributed by atoms with Crippen molar-refractivity contribution in [2.45, 2.75) is 38.6 Å². The lowest BCUT2D eigenvalue weighted by atomic mass is 10.0. The molecule has 3 N–H and O–H groups in total. The normalized spacial score (nSPS) is 22.0. The lowest BCUT2D eigenvalue weighted by Gasteiger charge is -2.21. The van der Waals surface area contributed by atoms with Crippen LogP contribution in [0.1, 0.15) is 32.6 Å². The van der Waals surface area contributed by atoms with E-state index in [1.54, 1.807) is 7.05 Å². The van der Waals surface area contributed by atoms with Crippen molar-refractivity contribution < 1.29 is 4.79 Å². The topological polar surface area (TPSA) is 53.2 Å². The average molecular weight is 261 g/mol. The van der Waals surface area contributed by atoms with Gasteiger partial charge in [0.25, 0.3) is 0 Å². The van der Waals surface area contributed by atoms with Gasteiger partial charge in [-0.15, -0.1) is 0 Å². The Kier molecular flexibility index (Phi) is 4.66. The Morgan fingerprint density at radius 2 is 1.89 bits per heavy atom. The zero-order chi connectivity index (χ0) is 13.7. The molecule has 2 rings (SSSR count). The quantitative estimate of drug-likeness (QED) is 0.777. The Hall–Kier alpha value is -1.71. The van der Waals surface area contributed by atoms with E-state index in [4.69, 9.17) is 0 Å². The summed E-state index contributed by atoms with van der Waals surface area (Å²) in [6, 6.07) is 8.30. The Bertz CT molecular complexity index is 416. The van der Waals surface area contributed by atoms with E-state index in [1.165, 1.54) is 25.7 Å². The van der Waals surface area contributed by atoms with Gasteiger partial charge in [-0.05, 0) is 43.0 Å². The van der Waals surface area contributed by atoms with Crippen LogP contribution in [-0.4, -0.2) is 19.1 Å². The van der Waals surface area contributed by atoms with Gasteiger partial charge in [-0.3, -0.25) is 0 Å². The molecule has 0 aliphatic heterocycles. The van der Waals surface area contributed by atoms with Crippen molar-refractivity contribution in [1.29, 1.82) is 0 Å². The number of carbonyl (C=O) groups excluding carboxylic acids is 1. The van der Waals surface area contributed by atoms with Crippen LogP contribution in [-0.2, 0) is 0 Å². The van der Waals surface area contributed by atoms with Gasteiger partial charge < -0.3 is 16.0 Å². The van der Waals surface area contributed by atoms with Gasteiger partial charge in [-0.25, -0.2) is 4.79 Å².